The molecule has 0 bridgehead atoms. The molecule has 1 aliphatic rings. The molecule has 0 aromatic carbocycles. The van der Waals surface area contributed by atoms with Gasteiger partial charge in [0.15, 0.2) is 0 Å². The number of hydrogen-bond acceptors (Lipinski definition) is 3. The first-order chi connectivity index (χ1) is 7.96. The van der Waals surface area contributed by atoms with E-state index >= 15 is 0 Å². The Bertz CT molecular complexity index is 541. The molecule has 0 aliphatic carbocycles. The third-order valence-corrected chi connectivity index (χ3v) is 3.61. The molecule has 0 radical (unpaired) electrons. The summed E-state index contributed by atoms with van der Waals surface area (Å²) in [7, 11) is 0. The fraction of sp³-hybridized carbons (Fsp3) is 0.636. The molecule has 1 fully saturated rings. The number of nitrogens with zero attached hydrogens (tertiary/aromatic N) is 1. The van der Waals surface area contributed by atoms with Crippen LogP contribution in [-0.2, 0) is 10.3 Å². The summed E-state index contributed by atoms with van der Waals surface area (Å²) in [5.41, 5.74) is -1.04. The Hall–Kier alpha value is -1.07. The number of rotatable bonds is 1. The van der Waals surface area contributed by atoms with Gasteiger partial charge in [-0.2, -0.15) is 0 Å². The minimum atomic E-state index is -0.585. The smallest absolute Gasteiger partial charge is 0.330 e. The number of H-pyrrole nitrogens is 1. The van der Waals surface area contributed by atoms with Gasteiger partial charge in [-0.1, -0.05) is 11.6 Å². The van der Waals surface area contributed by atoms with Gasteiger partial charge in [-0.3, -0.25) is 14.3 Å². The van der Waals surface area contributed by atoms with Gasteiger partial charge in [-0.15, -0.1) is 0 Å². The van der Waals surface area contributed by atoms with Crippen LogP contribution in [0.2, 0.25) is 5.15 Å². The lowest BCUT2D eigenvalue weighted by Crippen LogP contribution is -2.52. The summed E-state index contributed by atoms with van der Waals surface area (Å²) in [6, 6.07) is 0. The average Bonchev–Trinajstić information content (AvgIpc) is 2.26. The molecule has 2 heterocycles. The van der Waals surface area contributed by atoms with Gasteiger partial charge in [0, 0.05) is 12.2 Å². The van der Waals surface area contributed by atoms with Crippen molar-refractivity contribution < 1.29 is 4.74 Å². The maximum Gasteiger partial charge on any atom is 0.330 e. The summed E-state index contributed by atoms with van der Waals surface area (Å²) in [4.78, 5) is 26.5. The second kappa shape index (κ2) is 4.31. The van der Waals surface area contributed by atoms with E-state index in [-0.39, 0.29) is 10.7 Å². The SMILES string of the molecule is Cc1c(Cl)[nH]c(=O)n(C2(C)CCCOC2)c1=O. The van der Waals surface area contributed by atoms with Crippen LogP contribution in [0.15, 0.2) is 9.59 Å². The Morgan fingerprint density at radius 1 is 1.47 bits per heavy atom. The highest BCUT2D eigenvalue weighted by Gasteiger charge is 2.33. The Morgan fingerprint density at radius 2 is 2.18 bits per heavy atom. The van der Waals surface area contributed by atoms with Crippen LogP contribution in [0.3, 0.4) is 0 Å². The summed E-state index contributed by atoms with van der Waals surface area (Å²) < 4.78 is 6.60. The van der Waals surface area contributed by atoms with Crippen LogP contribution in [0.1, 0.15) is 25.3 Å². The number of ether oxygens (including phenoxy) is 1. The van der Waals surface area contributed by atoms with Crippen molar-refractivity contribution >= 4 is 11.6 Å². The number of aromatic nitrogens is 2. The van der Waals surface area contributed by atoms with Crippen LogP contribution in [0.25, 0.3) is 0 Å². The van der Waals surface area contributed by atoms with Crippen LogP contribution in [0.4, 0.5) is 0 Å². The van der Waals surface area contributed by atoms with Crippen LogP contribution in [0.5, 0.6) is 0 Å². The van der Waals surface area contributed by atoms with Crippen molar-refractivity contribution in [3.8, 4) is 0 Å². The third-order valence-electron chi connectivity index (χ3n) is 3.23. The number of aromatic amines is 1. The zero-order valence-corrected chi connectivity index (χ0v) is 10.6. The van der Waals surface area contributed by atoms with Crippen LogP contribution in [0, 0.1) is 6.92 Å². The van der Waals surface area contributed by atoms with E-state index in [0.717, 1.165) is 12.8 Å². The summed E-state index contributed by atoms with van der Waals surface area (Å²) in [6.07, 6.45) is 1.58. The summed E-state index contributed by atoms with van der Waals surface area (Å²) in [6.45, 7) is 4.51. The second-order valence-corrected chi connectivity index (χ2v) is 5.04. The summed E-state index contributed by atoms with van der Waals surface area (Å²) in [5, 5.41) is 0.108. The first-order valence-electron chi connectivity index (χ1n) is 5.55. The highest BCUT2D eigenvalue weighted by molar-refractivity contribution is 6.30. The predicted octanol–water partition coefficient (Wildman–Crippen LogP) is 1.02. The highest BCUT2D eigenvalue weighted by atomic mass is 35.5. The molecule has 17 heavy (non-hydrogen) atoms. The van der Waals surface area contributed by atoms with Crippen molar-refractivity contribution in [2.75, 3.05) is 13.2 Å². The molecule has 6 heteroatoms. The van der Waals surface area contributed by atoms with Crippen molar-refractivity contribution in [1.82, 2.24) is 9.55 Å². The second-order valence-electron chi connectivity index (χ2n) is 4.66. The van der Waals surface area contributed by atoms with E-state index < -0.39 is 11.2 Å². The minimum Gasteiger partial charge on any atom is -0.379 e. The van der Waals surface area contributed by atoms with E-state index in [2.05, 4.69) is 4.98 Å². The minimum absolute atomic E-state index is 0.108. The molecule has 0 spiro atoms. The molecule has 2 rings (SSSR count). The number of nitrogens with one attached hydrogen (secondary N) is 1. The lowest BCUT2D eigenvalue weighted by atomic mass is 9.94. The van der Waals surface area contributed by atoms with Gasteiger partial charge in [-0.25, -0.2) is 4.79 Å². The molecule has 94 valence electrons. The van der Waals surface area contributed by atoms with Crippen molar-refractivity contribution in [2.45, 2.75) is 32.2 Å². The monoisotopic (exact) mass is 258 g/mol. The fourth-order valence-electron chi connectivity index (χ4n) is 2.18. The Labute approximate surface area is 103 Å². The maximum atomic E-state index is 12.1. The molecule has 0 amide bonds. The van der Waals surface area contributed by atoms with Gasteiger partial charge in [0.05, 0.1) is 12.1 Å². The largest absolute Gasteiger partial charge is 0.379 e. The van der Waals surface area contributed by atoms with Gasteiger partial charge in [0.1, 0.15) is 5.15 Å². The van der Waals surface area contributed by atoms with E-state index in [4.69, 9.17) is 16.3 Å². The molecule has 1 atom stereocenters. The van der Waals surface area contributed by atoms with E-state index in [1.54, 1.807) is 6.92 Å². The molecule has 1 aliphatic heterocycles. The number of halogens is 1. The van der Waals surface area contributed by atoms with E-state index in [9.17, 15) is 9.59 Å². The van der Waals surface area contributed by atoms with Crippen LogP contribution in [-0.4, -0.2) is 22.8 Å². The average molecular weight is 259 g/mol. The first-order valence-corrected chi connectivity index (χ1v) is 5.93. The van der Waals surface area contributed by atoms with E-state index in [1.807, 2.05) is 6.92 Å². The molecular weight excluding hydrogens is 244 g/mol. The standard InChI is InChI=1S/C11H15ClN2O3/c1-7-8(12)13-10(16)14(9(7)15)11(2)4-3-5-17-6-11/h3-6H2,1-2H3,(H,13,16). The van der Waals surface area contributed by atoms with Crippen molar-refractivity contribution in [3.63, 3.8) is 0 Å². The summed E-state index contributed by atoms with van der Waals surface area (Å²) in [5.74, 6) is 0. The van der Waals surface area contributed by atoms with Crippen molar-refractivity contribution in [2.24, 2.45) is 0 Å². The molecule has 1 N–H and O–H groups in total. The van der Waals surface area contributed by atoms with E-state index in [0.29, 0.717) is 18.8 Å². The van der Waals surface area contributed by atoms with Gasteiger partial charge < -0.3 is 4.74 Å². The van der Waals surface area contributed by atoms with Crippen molar-refractivity contribution in [3.05, 3.63) is 31.6 Å². The van der Waals surface area contributed by atoms with Gasteiger partial charge >= 0.3 is 5.69 Å². The quantitative estimate of drug-likeness (QED) is 0.765. The molecule has 1 aromatic rings. The van der Waals surface area contributed by atoms with Gasteiger partial charge in [-0.05, 0) is 26.7 Å². The Morgan fingerprint density at radius 3 is 2.76 bits per heavy atom. The topological polar surface area (TPSA) is 64.1 Å². The van der Waals surface area contributed by atoms with Crippen LogP contribution >= 0.6 is 11.6 Å². The predicted molar refractivity (Wildman–Crippen MR) is 64.8 cm³/mol. The molecule has 1 aromatic heterocycles. The normalized spacial score (nSPS) is 24.9. The fourth-order valence-corrected chi connectivity index (χ4v) is 2.34. The molecule has 1 unspecified atom stereocenters. The molecule has 1 saturated heterocycles. The number of hydrogen-bond donors (Lipinski definition) is 1. The van der Waals surface area contributed by atoms with E-state index in [1.165, 1.54) is 4.57 Å². The van der Waals surface area contributed by atoms with Crippen molar-refractivity contribution in [1.29, 1.82) is 0 Å². The highest BCUT2D eigenvalue weighted by Crippen LogP contribution is 2.24. The third kappa shape index (κ3) is 2.05. The Balaban J connectivity index is 2.63. The van der Waals surface area contributed by atoms with Gasteiger partial charge in [0.2, 0.25) is 0 Å². The summed E-state index contributed by atoms with van der Waals surface area (Å²) >= 11 is 5.78. The molecular formula is C11H15ClN2O3. The molecule has 0 saturated carbocycles. The maximum absolute atomic E-state index is 12.1. The van der Waals surface area contributed by atoms with Crippen LogP contribution < -0.4 is 11.2 Å². The zero-order chi connectivity index (χ0) is 12.6. The van der Waals surface area contributed by atoms with Gasteiger partial charge in [0.25, 0.3) is 5.56 Å². The lowest BCUT2D eigenvalue weighted by Gasteiger charge is -2.34. The zero-order valence-electron chi connectivity index (χ0n) is 9.88. The first kappa shape index (κ1) is 12.4. The Kier molecular flexibility index (Phi) is 3.14. The molecule has 5 nitrogen and oxygen atoms in total. The lowest BCUT2D eigenvalue weighted by molar-refractivity contribution is 0.00555.